The van der Waals surface area contributed by atoms with Crippen molar-refractivity contribution in [2.45, 2.75) is 4.90 Å². The molecule has 0 aliphatic carbocycles. The first-order valence-corrected chi connectivity index (χ1v) is 7.05. The number of rotatable bonds is 1. The van der Waals surface area contributed by atoms with Crippen molar-refractivity contribution in [1.82, 2.24) is 9.06 Å². The van der Waals surface area contributed by atoms with E-state index in [2.05, 4.69) is 0 Å². The van der Waals surface area contributed by atoms with Crippen molar-refractivity contribution in [3.05, 3.63) is 28.6 Å². The molecule has 0 atom stereocenters. The zero-order valence-electron chi connectivity index (χ0n) is 7.64. The van der Waals surface area contributed by atoms with Crippen molar-refractivity contribution < 1.29 is 8.42 Å². The number of hydrazine groups is 1. The second-order valence-electron chi connectivity index (χ2n) is 3.06. The van der Waals surface area contributed by atoms with E-state index in [0.29, 0.717) is 5.22 Å². The highest BCUT2D eigenvalue weighted by atomic mass is 35.7. The van der Waals surface area contributed by atoms with Crippen LogP contribution in [-0.4, -0.2) is 17.5 Å². The summed E-state index contributed by atoms with van der Waals surface area (Å²) in [5, 5.41) is 1.37. The molecule has 0 spiro atoms. The van der Waals surface area contributed by atoms with Gasteiger partial charge in [-0.2, -0.15) is 9.06 Å². The highest BCUT2D eigenvalue weighted by Gasteiger charge is 2.12. The minimum absolute atomic E-state index is 0.0191. The second-order valence-corrected chi connectivity index (χ2v) is 6.32. The van der Waals surface area contributed by atoms with Gasteiger partial charge < -0.3 is 0 Å². The highest BCUT2D eigenvalue weighted by molar-refractivity contribution is 8.13. The number of hydrogen-bond donors (Lipinski definition) is 0. The van der Waals surface area contributed by atoms with E-state index in [1.54, 1.807) is 12.3 Å². The van der Waals surface area contributed by atoms with Crippen LogP contribution in [0.1, 0.15) is 0 Å². The first-order chi connectivity index (χ1) is 7.38. The van der Waals surface area contributed by atoms with Crippen molar-refractivity contribution in [1.29, 1.82) is 0 Å². The summed E-state index contributed by atoms with van der Waals surface area (Å²) in [4.78, 5) is 0.0191. The van der Waals surface area contributed by atoms with Gasteiger partial charge in [0.05, 0.1) is 4.90 Å². The Kier molecular flexibility index (Phi) is 2.96. The summed E-state index contributed by atoms with van der Waals surface area (Å²) in [6.07, 6.45) is 3.03. The summed E-state index contributed by atoms with van der Waals surface area (Å²) in [7, 11) is 1.49. The standard InChI is InChI=1S/C8H5Cl3N2O2S/c9-12-4-6-1-2-8(16(11,14)15)3-7(6)5-13(12)10/h1-5H. The van der Waals surface area contributed by atoms with Crippen LogP contribution < -0.4 is 10.4 Å². The van der Waals surface area contributed by atoms with Gasteiger partial charge in [0.25, 0.3) is 9.05 Å². The molecule has 0 N–H and O–H groups in total. The van der Waals surface area contributed by atoms with E-state index < -0.39 is 9.05 Å². The highest BCUT2D eigenvalue weighted by Crippen LogP contribution is 2.13. The fourth-order valence-electron chi connectivity index (χ4n) is 1.27. The normalized spacial score (nSPS) is 15.2. The summed E-state index contributed by atoms with van der Waals surface area (Å²) in [5.74, 6) is 0. The summed E-state index contributed by atoms with van der Waals surface area (Å²) in [6, 6.07) is 4.42. The summed E-state index contributed by atoms with van der Waals surface area (Å²) >= 11 is 11.4. The first kappa shape index (κ1) is 11.9. The Morgan fingerprint density at radius 1 is 1.00 bits per heavy atom. The number of fused-ring (bicyclic) bond motifs is 1. The minimum atomic E-state index is -3.74. The van der Waals surface area contributed by atoms with Crippen LogP contribution in [-0.2, 0) is 9.05 Å². The third-order valence-electron chi connectivity index (χ3n) is 2.01. The maximum absolute atomic E-state index is 11.1. The predicted octanol–water partition coefficient (Wildman–Crippen LogP) is 0.930. The van der Waals surface area contributed by atoms with Crippen LogP contribution in [0.15, 0.2) is 23.1 Å². The molecular formula is C8H5Cl3N2O2S. The van der Waals surface area contributed by atoms with Gasteiger partial charge in [0.15, 0.2) is 0 Å². The lowest BCUT2D eigenvalue weighted by Crippen LogP contribution is -2.36. The van der Waals surface area contributed by atoms with Gasteiger partial charge >= 0.3 is 0 Å². The van der Waals surface area contributed by atoms with Gasteiger partial charge in [-0.1, -0.05) is 6.07 Å². The van der Waals surface area contributed by atoms with Crippen molar-refractivity contribution in [2.24, 2.45) is 0 Å². The Balaban J connectivity index is 2.70. The molecular weight excluding hydrogens is 295 g/mol. The second kappa shape index (κ2) is 4.00. The Morgan fingerprint density at radius 3 is 2.12 bits per heavy atom. The van der Waals surface area contributed by atoms with Gasteiger partial charge in [0.2, 0.25) is 0 Å². The van der Waals surface area contributed by atoms with Gasteiger partial charge in [-0.05, 0) is 12.1 Å². The molecule has 0 bridgehead atoms. The van der Waals surface area contributed by atoms with Crippen molar-refractivity contribution in [3.63, 3.8) is 0 Å². The molecule has 86 valence electrons. The smallest absolute Gasteiger partial charge is 0.207 e. The van der Waals surface area contributed by atoms with E-state index in [4.69, 9.17) is 34.2 Å². The molecule has 1 aliphatic rings. The number of halogens is 3. The molecule has 2 rings (SSSR count). The molecule has 1 aromatic carbocycles. The largest absolute Gasteiger partial charge is 0.261 e. The molecule has 4 nitrogen and oxygen atoms in total. The first-order valence-electron chi connectivity index (χ1n) is 4.06. The fraction of sp³-hybridized carbons (Fsp3) is 0. The Labute approximate surface area is 107 Å². The zero-order chi connectivity index (χ0) is 11.9. The maximum atomic E-state index is 11.1. The third-order valence-corrected chi connectivity index (χ3v) is 3.96. The monoisotopic (exact) mass is 298 g/mol. The minimum Gasteiger partial charge on any atom is -0.207 e. The molecule has 0 amide bonds. The topological polar surface area (TPSA) is 40.6 Å². The molecule has 0 saturated carbocycles. The summed E-state index contributed by atoms with van der Waals surface area (Å²) in [5.41, 5.74) is 0. The zero-order valence-corrected chi connectivity index (χ0v) is 10.7. The van der Waals surface area contributed by atoms with Gasteiger partial charge in [0.1, 0.15) is 0 Å². The molecule has 1 aromatic rings. The van der Waals surface area contributed by atoms with Crippen molar-refractivity contribution in [2.75, 3.05) is 0 Å². The lowest BCUT2D eigenvalue weighted by Gasteiger charge is -2.21. The van der Waals surface area contributed by atoms with E-state index in [-0.39, 0.29) is 4.90 Å². The van der Waals surface area contributed by atoms with E-state index in [9.17, 15) is 8.42 Å². The molecule has 0 unspecified atom stereocenters. The summed E-state index contributed by atoms with van der Waals surface area (Å²) in [6.45, 7) is 0. The lowest BCUT2D eigenvalue weighted by molar-refractivity contribution is 0.381. The molecule has 16 heavy (non-hydrogen) atoms. The maximum Gasteiger partial charge on any atom is 0.261 e. The van der Waals surface area contributed by atoms with Gasteiger partial charge in [0, 0.05) is 57.1 Å². The molecule has 0 aromatic heterocycles. The van der Waals surface area contributed by atoms with E-state index in [0.717, 1.165) is 14.3 Å². The van der Waals surface area contributed by atoms with E-state index >= 15 is 0 Å². The lowest BCUT2D eigenvalue weighted by atomic mass is 10.2. The van der Waals surface area contributed by atoms with Crippen LogP contribution >= 0.6 is 34.2 Å². The van der Waals surface area contributed by atoms with Crippen LogP contribution in [0.2, 0.25) is 0 Å². The molecule has 0 radical (unpaired) electrons. The van der Waals surface area contributed by atoms with Gasteiger partial charge in [-0.25, -0.2) is 8.42 Å². The molecule has 8 heteroatoms. The molecule has 0 saturated heterocycles. The van der Waals surface area contributed by atoms with Crippen LogP contribution in [0.25, 0.3) is 12.4 Å². The van der Waals surface area contributed by atoms with E-state index in [1.807, 2.05) is 0 Å². The average Bonchev–Trinajstić information content (AvgIpc) is 2.17. The molecule has 1 aliphatic heterocycles. The van der Waals surface area contributed by atoms with E-state index in [1.165, 1.54) is 18.3 Å². The Morgan fingerprint density at radius 2 is 1.56 bits per heavy atom. The SMILES string of the molecule is O=S(=O)(Cl)c1ccc2c(c1)=CN(Cl)N(Cl)C=2. The Bertz CT molecular complexity index is 644. The summed E-state index contributed by atoms with van der Waals surface area (Å²) < 4.78 is 24.5. The van der Waals surface area contributed by atoms with Crippen LogP contribution in [0.3, 0.4) is 0 Å². The molecule has 1 heterocycles. The third kappa shape index (κ3) is 2.22. The average molecular weight is 300 g/mol. The number of nitrogens with zero attached hydrogens (tertiary/aromatic N) is 2. The van der Waals surface area contributed by atoms with Crippen LogP contribution in [0, 0.1) is 0 Å². The van der Waals surface area contributed by atoms with Crippen LogP contribution in [0.4, 0.5) is 0 Å². The molecule has 0 fully saturated rings. The van der Waals surface area contributed by atoms with Crippen LogP contribution in [0.5, 0.6) is 0 Å². The quantitative estimate of drug-likeness (QED) is 0.571. The van der Waals surface area contributed by atoms with Gasteiger partial charge in [-0.15, -0.1) is 0 Å². The van der Waals surface area contributed by atoms with Gasteiger partial charge in [-0.3, -0.25) is 0 Å². The number of hydrogen-bond acceptors (Lipinski definition) is 4. The fourth-order valence-corrected chi connectivity index (χ4v) is 2.36. The predicted molar refractivity (Wildman–Crippen MR) is 63.0 cm³/mol. The Hall–Kier alpha value is -0.620. The van der Waals surface area contributed by atoms with Crippen molar-refractivity contribution >= 4 is 55.7 Å². The van der Waals surface area contributed by atoms with Crippen molar-refractivity contribution in [3.8, 4) is 0 Å². The number of benzene rings is 1.